The molecule has 1 atom stereocenters. The van der Waals surface area contributed by atoms with Crippen molar-refractivity contribution in [2.24, 2.45) is 0 Å². The highest BCUT2D eigenvalue weighted by molar-refractivity contribution is 7.92. The number of amides is 1. The van der Waals surface area contributed by atoms with Crippen LogP contribution in [0.3, 0.4) is 0 Å². The van der Waals surface area contributed by atoms with E-state index >= 15 is 0 Å². The van der Waals surface area contributed by atoms with Crippen LogP contribution in [-0.4, -0.2) is 43.8 Å². The Labute approximate surface area is 226 Å². The lowest BCUT2D eigenvalue weighted by molar-refractivity contribution is 0.0691. The van der Waals surface area contributed by atoms with Crippen LogP contribution in [0.25, 0.3) is 0 Å². The number of sulfonamides is 1. The Balaban J connectivity index is 1.54. The zero-order chi connectivity index (χ0) is 27.4. The molecule has 3 aromatic rings. The predicted octanol–water partition coefficient (Wildman–Crippen LogP) is 4.96. The van der Waals surface area contributed by atoms with E-state index in [1.54, 1.807) is 18.2 Å². The number of Topliss-reactive ketones (excluding diaryl/α,β-unsaturated/α-hetero) is 1. The zero-order valence-corrected chi connectivity index (χ0v) is 22.3. The van der Waals surface area contributed by atoms with Crippen molar-refractivity contribution in [3.8, 4) is 0 Å². The number of unbranched alkanes of at least 4 members (excludes halogenated alkanes) is 1. The molecule has 1 amide bonds. The molecule has 0 saturated heterocycles. The van der Waals surface area contributed by atoms with Gasteiger partial charge in [0.2, 0.25) is 0 Å². The number of nitrogens with zero attached hydrogens (tertiary/aromatic N) is 1. The van der Waals surface area contributed by atoms with Crippen LogP contribution >= 0.6 is 11.6 Å². The van der Waals surface area contributed by atoms with Crippen molar-refractivity contribution in [2.75, 3.05) is 10.8 Å². The average molecular weight is 555 g/mol. The number of carbonyl (C=O) groups is 3. The van der Waals surface area contributed by atoms with Gasteiger partial charge in [0.15, 0.2) is 5.78 Å². The largest absolute Gasteiger partial charge is 0.478 e. The van der Waals surface area contributed by atoms with Crippen molar-refractivity contribution in [1.29, 1.82) is 0 Å². The van der Waals surface area contributed by atoms with E-state index < -0.39 is 33.7 Å². The summed E-state index contributed by atoms with van der Waals surface area (Å²) < 4.78 is 27.9. The van der Waals surface area contributed by atoms with E-state index in [9.17, 15) is 27.9 Å². The highest BCUT2D eigenvalue weighted by Gasteiger charge is 2.31. The molecule has 1 aliphatic heterocycles. The molecule has 1 unspecified atom stereocenters. The summed E-state index contributed by atoms with van der Waals surface area (Å²) in [6.45, 7) is 2.24. The highest BCUT2D eigenvalue weighted by atomic mass is 35.5. The first kappa shape index (κ1) is 27.3. The summed E-state index contributed by atoms with van der Waals surface area (Å²) in [7, 11) is -3.88. The molecule has 0 aromatic heterocycles. The Morgan fingerprint density at radius 2 is 1.71 bits per heavy atom. The van der Waals surface area contributed by atoms with E-state index in [0.717, 1.165) is 12.0 Å². The highest BCUT2D eigenvalue weighted by Crippen LogP contribution is 2.35. The summed E-state index contributed by atoms with van der Waals surface area (Å²) in [6.07, 6.45) is 2.32. The van der Waals surface area contributed by atoms with Crippen molar-refractivity contribution in [3.05, 3.63) is 94.0 Å². The van der Waals surface area contributed by atoms with Gasteiger partial charge in [0.05, 0.1) is 22.2 Å². The summed E-state index contributed by atoms with van der Waals surface area (Å²) in [5.41, 5.74) is 1.50. The molecule has 3 aromatic carbocycles. The summed E-state index contributed by atoms with van der Waals surface area (Å²) in [4.78, 5) is 37.9. The van der Waals surface area contributed by atoms with Gasteiger partial charge < -0.3 is 10.4 Å². The fourth-order valence-electron chi connectivity index (χ4n) is 4.47. The van der Waals surface area contributed by atoms with Crippen LogP contribution in [0.5, 0.6) is 0 Å². The van der Waals surface area contributed by atoms with Gasteiger partial charge in [0.1, 0.15) is 0 Å². The lowest BCUT2D eigenvalue weighted by Crippen LogP contribution is -2.41. The van der Waals surface area contributed by atoms with Gasteiger partial charge in [0.25, 0.3) is 15.9 Å². The maximum Gasteiger partial charge on any atom is 0.336 e. The number of fused-ring (bicyclic) bond motifs is 1. The molecule has 0 radical (unpaired) electrons. The number of ketones is 1. The Morgan fingerprint density at radius 3 is 2.37 bits per heavy atom. The number of hydrogen-bond donors (Lipinski definition) is 2. The molecule has 0 spiro atoms. The fourth-order valence-corrected chi connectivity index (χ4v) is 6.13. The molecule has 1 heterocycles. The minimum absolute atomic E-state index is 0.0221. The van der Waals surface area contributed by atoms with Crippen molar-refractivity contribution in [1.82, 2.24) is 5.32 Å². The second kappa shape index (κ2) is 11.4. The summed E-state index contributed by atoms with van der Waals surface area (Å²) >= 11 is 6.08. The number of carboxylic acid groups (broad SMARTS) is 1. The summed E-state index contributed by atoms with van der Waals surface area (Å²) in [6, 6.07) is 15.6. The molecule has 198 valence electrons. The van der Waals surface area contributed by atoms with Gasteiger partial charge in [0, 0.05) is 22.7 Å². The fraction of sp³-hybridized carbons (Fsp3) is 0.250. The molecule has 8 nitrogen and oxygen atoms in total. The van der Waals surface area contributed by atoms with Crippen LogP contribution in [0, 0.1) is 0 Å². The maximum absolute atomic E-state index is 13.3. The van der Waals surface area contributed by atoms with Crippen LogP contribution in [0.15, 0.2) is 71.6 Å². The van der Waals surface area contributed by atoms with Gasteiger partial charge >= 0.3 is 5.97 Å². The van der Waals surface area contributed by atoms with E-state index in [2.05, 4.69) is 5.32 Å². The second-order valence-electron chi connectivity index (χ2n) is 9.01. The third kappa shape index (κ3) is 5.58. The molecule has 0 saturated carbocycles. The number of rotatable bonds is 10. The minimum Gasteiger partial charge on any atom is -0.478 e. The van der Waals surface area contributed by atoms with E-state index in [0.29, 0.717) is 36.5 Å². The van der Waals surface area contributed by atoms with Crippen LogP contribution in [0.4, 0.5) is 5.69 Å². The SMILES string of the molecule is CCCCC(NC(=O)c1ccc(S(=O)(=O)N2CCc3ccc(Cl)cc32)cc1)C(=O)c1ccccc1C(=O)O. The van der Waals surface area contributed by atoms with Crippen LogP contribution < -0.4 is 9.62 Å². The van der Waals surface area contributed by atoms with Crippen molar-refractivity contribution < 1.29 is 27.9 Å². The first-order valence-electron chi connectivity index (χ1n) is 12.2. The van der Waals surface area contributed by atoms with Crippen molar-refractivity contribution in [2.45, 2.75) is 43.5 Å². The maximum atomic E-state index is 13.3. The smallest absolute Gasteiger partial charge is 0.336 e. The van der Waals surface area contributed by atoms with Gasteiger partial charge in [-0.05, 0) is 60.9 Å². The van der Waals surface area contributed by atoms with Gasteiger partial charge in [-0.25, -0.2) is 13.2 Å². The molecule has 10 heteroatoms. The number of halogens is 1. The number of carbonyl (C=O) groups excluding carboxylic acids is 2. The van der Waals surface area contributed by atoms with Gasteiger partial charge in [-0.3, -0.25) is 13.9 Å². The van der Waals surface area contributed by atoms with Crippen molar-refractivity contribution in [3.63, 3.8) is 0 Å². The number of benzene rings is 3. The predicted molar refractivity (Wildman–Crippen MR) is 145 cm³/mol. The monoisotopic (exact) mass is 554 g/mol. The third-order valence-corrected chi connectivity index (χ3v) is 8.56. The lowest BCUT2D eigenvalue weighted by Gasteiger charge is -2.20. The van der Waals surface area contributed by atoms with Crippen LogP contribution in [-0.2, 0) is 16.4 Å². The molecular formula is C28H27ClN2O6S. The molecular weight excluding hydrogens is 528 g/mol. The minimum atomic E-state index is -3.88. The molecule has 4 rings (SSSR count). The molecule has 0 bridgehead atoms. The summed E-state index contributed by atoms with van der Waals surface area (Å²) in [5.74, 6) is -2.28. The topological polar surface area (TPSA) is 121 Å². The Hall–Kier alpha value is -3.69. The molecule has 1 aliphatic rings. The Morgan fingerprint density at radius 1 is 1.03 bits per heavy atom. The first-order chi connectivity index (χ1) is 18.1. The van der Waals surface area contributed by atoms with Crippen LogP contribution in [0.1, 0.15) is 62.8 Å². The molecule has 0 aliphatic carbocycles. The van der Waals surface area contributed by atoms with E-state index in [-0.39, 0.29) is 21.6 Å². The van der Waals surface area contributed by atoms with Crippen molar-refractivity contribution >= 4 is 45.0 Å². The van der Waals surface area contributed by atoms with Gasteiger partial charge in [-0.1, -0.05) is 55.6 Å². The van der Waals surface area contributed by atoms with Gasteiger partial charge in [-0.2, -0.15) is 0 Å². The number of nitrogens with one attached hydrogen (secondary N) is 1. The third-order valence-electron chi connectivity index (χ3n) is 6.50. The van der Waals surface area contributed by atoms with E-state index in [1.165, 1.54) is 46.8 Å². The van der Waals surface area contributed by atoms with E-state index in [4.69, 9.17) is 11.6 Å². The molecule has 0 fully saturated rings. The standard InChI is InChI=1S/C28H27ClN2O6S/c1-2-3-8-24(26(32)22-6-4-5-7-23(22)28(34)35)30-27(33)19-10-13-21(14-11-19)38(36,37)31-16-15-18-9-12-20(29)17-25(18)31/h4-7,9-14,17,24H,2-3,8,15-16H2,1H3,(H,30,33)(H,34,35). The quantitative estimate of drug-likeness (QED) is 0.342. The normalized spacial score (nSPS) is 13.6. The van der Waals surface area contributed by atoms with Gasteiger partial charge in [-0.15, -0.1) is 0 Å². The summed E-state index contributed by atoms with van der Waals surface area (Å²) in [5, 5.41) is 12.6. The average Bonchev–Trinajstić information content (AvgIpc) is 3.34. The van der Waals surface area contributed by atoms with Crippen LogP contribution in [0.2, 0.25) is 5.02 Å². The number of aromatic carboxylic acids is 1. The molecule has 2 N–H and O–H groups in total. The lowest BCUT2D eigenvalue weighted by atomic mass is 9.95. The Bertz CT molecular complexity index is 1490. The molecule has 38 heavy (non-hydrogen) atoms. The zero-order valence-electron chi connectivity index (χ0n) is 20.7. The second-order valence-corrected chi connectivity index (χ2v) is 11.3. The van der Waals surface area contributed by atoms with E-state index in [1.807, 2.05) is 13.0 Å². The first-order valence-corrected chi connectivity index (χ1v) is 14.0. The number of hydrogen-bond acceptors (Lipinski definition) is 5. The Kier molecular flexibility index (Phi) is 8.18. The number of anilines is 1. The number of carboxylic acids is 1.